The molecule has 0 saturated carbocycles. The van der Waals surface area contributed by atoms with Crippen LogP contribution in [-0.2, 0) is 6.54 Å². The molecule has 0 saturated heterocycles. The fourth-order valence-corrected chi connectivity index (χ4v) is 2.79. The summed E-state index contributed by atoms with van der Waals surface area (Å²) in [5, 5.41) is 10.3. The topological polar surface area (TPSA) is 38.0 Å². The Morgan fingerprint density at radius 2 is 1.86 bits per heavy atom. The minimum Gasteiger partial charge on any atom is -0.395 e. The average Bonchev–Trinajstić information content (AvgIpc) is 2.79. The molecule has 0 aliphatic heterocycles. The van der Waals surface area contributed by atoms with Crippen LogP contribution in [0.5, 0.6) is 0 Å². The van der Waals surface area contributed by atoms with Gasteiger partial charge in [0.2, 0.25) is 0 Å². The van der Waals surface area contributed by atoms with Gasteiger partial charge in [0.1, 0.15) is 5.82 Å². The molecule has 0 atom stereocenters. The molecule has 0 fully saturated rings. The molecule has 21 heavy (non-hydrogen) atoms. The molecule has 3 rings (SSSR count). The quantitative estimate of drug-likeness (QED) is 0.780. The fraction of sp³-hybridized carbons (Fsp3) is 0.188. The van der Waals surface area contributed by atoms with Crippen molar-refractivity contribution in [2.45, 2.75) is 13.5 Å². The summed E-state index contributed by atoms with van der Waals surface area (Å²) in [5.41, 5.74) is 3.81. The lowest BCUT2D eigenvalue weighted by atomic mass is 10.1. The van der Waals surface area contributed by atoms with E-state index >= 15 is 0 Å². The molecule has 5 heteroatoms. The molecule has 3 aromatic rings. The molecular weight excluding hydrogens is 307 g/mol. The predicted molar refractivity (Wildman–Crippen MR) is 87.0 cm³/mol. The average molecular weight is 321 g/mol. The van der Waals surface area contributed by atoms with Crippen molar-refractivity contribution >= 4 is 34.2 Å². The number of aliphatic hydroxyl groups is 1. The zero-order valence-electron chi connectivity index (χ0n) is 11.5. The van der Waals surface area contributed by atoms with Crippen LogP contribution in [0.25, 0.3) is 22.4 Å². The maximum atomic E-state index is 9.35. The van der Waals surface area contributed by atoms with Crippen LogP contribution in [0.1, 0.15) is 5.56 Å². The van der Waals surface area contributed by atoms with Crippen molar-refractivity contribution in [3.8, 4) is 11.4 Å². The molecule has 1 heterocycles. The van der Waals surface area contributed by atoms with Crippen LogP contribution < -0.4 is 0 Å². The highest BCUT2D eigenvalue weighted by molar-refractivity contribution is 6.42. The summed E-state index contributed by atoms with van der Waals surface area (Å²) in [6.45, 7) is 2.53. The van der Waals surface area contributed by atoms with Crippen molar-refractivity contribution in [1.29, 1.82) is 0 Å². The molecule has 1 aromatic heterocycles. The number of aliphatic hydroxyl groups excluding tert-OH is 1. The Hall–Kier alpha value is -1.55. The highest BCUT2D eigenvalue weighted by Gasteiger charge is 2.15. The van der Waals surface area contributed by atoms with Gasteiger partial charge in [-0.2, -0.15) is 0 Å². The van der Waals surface area contributed by atoms with Gasteiger partial charge in [0.15, 0.2) is 0 Å². The van der Waals surface area contributed by atoms with Crippen LogP contribution in [0, 0.1) is 6.92 Å². The number of nitrogens with zero attached hydrogens (tertiary/aromatic N) is 2. The summed E-state index contributed by atoms with van der Waals surface area (Å²) in [4.78, 5) is 4.67. The minimum absolute atomic E-state index is 0.0323. The first kappa shape index (κ1) is 14.4. The first-order valence-corrected chi connectivity index (χ1v) is 7.39. The predicted octanol–water partition coefficient (Wildman–Crippen LogP) is 4.31. The number of aryl methyl sites for hydroxylation is 1. The van der Waals surface area contributed by atoms with Crippen molar-refractivity contribution < 1.29 is 5.11 Å². The van der Waals surface area contributed by atoms with Crippen LogP contribution in [-0.4, -0.2) is 21.3 Å². The van der Waals surface area contributed by atoms with Gasteiger partial charge in [0.25, 0.3) is 0 Å². The van der Waals surface area contributed by atoms with Crippen LogP contribution in [0.15, 0.2) is 36.4 Å². The van der Waals surface area contributed by atoms with Crippen molar-refractivity contribution in [3.05, 3.63) is 52.0 Å². The highest BCUT2D eigenvalue weighted by Crippen LogP contribution is 2.32. The number of halogens is 2. The third-order valence-electron chi connectivity index (χ3n) is 3.50. The summed E-state index contributed by atoms with van der Waals surface area (Å²) < 4.78 is 1.97. The first-order valence-electron chi connectivity index (χ1n) is 6.64. The van der Waals surface area contributed by atoms with E-state index in [1.165, 1.54) is 0 Å². The molecule has 1 N–H and O–H groups in total. The van der Waals surface area contributed by atoms with E-state index in [-0.39, 0.29) is 6.61 Å². The lowest BCUT2D eigenvalue weighted by Crippen LogP contribution is -2.04. The second kappa shape index (κ2) is 5.68. The van der Waals surface area contributed by atoms with Crippen molar-refractivity contribution in [1.82, 2.24) is 9.55 Å². The van der Waals surface area contributed by atoms with Crippen LogP contribution in [0.4, 0.5) is 0 Å². The molecule has 3 nitrogen and oxygen atoms in total. The maximum Gasteiger partial charge on any atom is 0.141 e. The third kappa shape index (κ3) is 2.53. The van der Waals surface area contributed by atoms with E-state index in [0.717, 1.165) is 28.0 Å². The Morgan fingerprint density at radius 3 is 2.57 bits per heavy atom. The van der Waals surface area contributed by atoms with E-state index in [2.05, 4.69) is 4.98 Å². The van der Waals surface area contributed by atoms with Crippen LogP contribution >= 0.6 is 23.2 Å². The Morgan fingerprint density at radius 1 is 1.14 bits per heavy atom. The van der Waals surface area contributed by atoms with Gasteiger partial charge in [-0.25, -0.2) is 4.98 Å². The molecule has 108 valence electrons. The van der Waals surface area contributed by atoms with E-state index in [1.807, 2.05) is 35.8 Å². The largest absolute Gasteiger partial charge is 0.395 e. The SMILES string of the molecule is Cc1ccccc1-c1nc2cc(Cl)c(Cl)cc2n1CCO. The highest BCUT2D eigenvalue weighted by atomic mass is 35.5. The Bertz CT molecular complexity index is 811. The molecule has 0 bridgehead atoms. The number of aromatic nitrogens is 2. The molecular formula is C16H14Cl2N2O. The Balaban J connectivity index is 2.32. The molecule has 0 radical (unpaired) electrons. The molecule has 0 aliphatic carbocycles. The monoisotopic (exact) mass is 320 g/mol. The number of rotatable bonds is 3. The van der Waals surface area contributed by atoms with Gasteiger partial charge in [-0.05, 0) is 24.6 Å². The van der Waals surface area contributed by atoms with Gasteiger partial charge < -0.3 is 9.67 Å². The van der Waals surface area contributed by atoms with Crippen LogP contribution in [0.2, 0.25) is 10.0 Å². The summed E-state index contributed by atoms with van der Waals surface area (Å²) in [7, 11) is 0. The standard InChI is InChI=1S/C16H14Cl2N2O/c1-10-4-2-3-5-11(10)16-19-14-8-12(17)13(18)9-15(14)20(16)6-7-21/h2-5,8-9,21H,6-7H2,1H3. The maximum absolute atomic E-state index is 9.35. The van der Waals surface area contributed by atoms with Gasteiger partial charge >= 0.3 is 0 Å². The Kier molecular flexibility index (Phi) is 3.89. The van der Waals surface area contributed by atoms with E-state index in [4.69, 9.17) is 23.2 Å². The van der Waals surface area contributed by atoms with Gasteiger partial charge in [-0.3, -0.25) is 0 Å². The van der Waals surface area contributed by atoms with E-state index in [9.17, 15) is 5.11 Å². The molecule has 2 aromatic carbocycles. The summed E-state index contributed by atoms with van der Waals surface area (Å²) in [6.07, 6.45) is 0. The third-order valence-corrected chi connectivity index (χ3v) is 4.22. The molecule has 0 aliphatic rings. The smallest absolute Gasteiger partial charge is 0.141 e. The number of hydrogen-bond acceptors (Lipinski definition) is 2. The van der Waals surface area contributed by atoms with E-state index in [0.29, 0.717) is 16.6 Å². The lowest BCUT2D eigenvalue weighted by Gasteiger charge is -2.09. The number of fused-ring (bicyclic) bond motifs is 1. The van der Waals surface area contributed by atoms with Crippen molar-refractivity contribution in [2.24, 2.45) is 0 Å². The van der Waals surface area contributed by atoms with Gasteiger partial charge in [0, 0.05) is 12.1 Å². The fourth-order valence-electron chi connectivity index (χ4n) is 2.48. The number of hydrogen-bond donors (Lipinski definition) is 1. The number of imidazole rings is 1. The molecule has 0 amide bonds. The summed E-state index contributed by atoms with van der Waals surface area (Å²) >= 11 is 12.2. The van der Waals surface area contributed by atoms with E-state index < -0.39 is 0 Å². The second-order valence-electron chi connectivity index (χ2n) is 4.88. The van der Waals surface area contributed by atoms with Gasteiger partial charge in [-0.15, -0.1) is 0 Å². The lowest BCUT2D eigenvalue weighted by molar-refractivity contribution is 0.278. The Labute approximate surface area is 132 Å². The van der Waals surface area contributed by atoms with Crippen molar-refractivity contribution in [3.63, 3.8) is 0 Å². The minimum atomic E-state index is 0.0323. The molecule has 0 spiro atoms. The van der Waals surface area contributed by atoms with Crippen molar-refractivity contribution in [2.75, 3.05) is 6.61 Å². The number of benzene rings is 2. The summed E-state index contributed by atoms with van der Waals surface area (Å²) in [6, 6.07) is 11.6. The first-order chi connectivity index (χ1) is 10.1. The molecule has 0 unspecified atom stereocenters. The second-order valence-corrected chi connectivity index (χ2v) is 5.70. The van der Waals surface area contributed by atoms with Crippen LogP contribution in [0.3, 0.4) is 0 Å². The normalized spacial score (nSPS) is 11.2. The van der Waals surface area contributed by atoms with Gasteiger partial charge in [-0.1, -0.05) is 47.5 Å². The van der Waals surface area contributed by atoms with Gasteiger partial charge in [0.05, 0.1) is 27.7 Å². The zero-order chi connectivity index (χ0) is 15.0. The van der Waals surface area contributed by atoms with E-state index in [1.54, 1.807) is 12.1 Å². The summed E-state index contributed by atoms with van der Waals surface area (Å²) in [5.74, 6) is 0.815. The zero-order valence-corrected chi connectivity index (χ0v) is 13.0.